The Morgan fingerprint density at radius 1 is 1.44 bits per heavy atom. The lowest BCUT2D eigenvalue weighted by atomic mass is 10.3. The summed E-state index contributed by atoms with van der Waals surface area (Å²) in [6.45, 7) is 5.85. The normalized spacial score (nSPS) is 15.7. The van der Waals surface area contributed by atoms with Crippen molar-refractivity contribution in [3.05, 3.63) is 21.9 Å². The van der Waals surface area contributed by atoms with Crippen LogP contribution >= 0.6 is 11.3 Å². The highest BCUT2D eigenvalue weighted by molar-refractivity contribution is 7.14. The highest BCUT2D eigenvalue weighted by Gasteiger charge is 2.29. The second-order valence-electron chi connectivity index (χ2n) is 4.34. The topological polar surface area (TPSA) is 20.3 Å². The maximum Gasteiger partial charge on any atom is 0.186 e. The number of hydrogen-bond donors (Lipinski definition) is 0. The summed E-state index contributed by atoms with van der Waals surface area (Å²) in [5, 5.41) is 0. The Morgan fingerprint density at radius 3 is 2.69 bits per heavy atom. The van der Waals surface area contributed by atoms with E-state index in [1.54, 1.807) is 11.3 Å². The van der Waals surface area contributed by atoms with E-state index in [0.29, 0.717) is 18.4 Å². The summed E-state index contributed by atoms with van der Waals surface area (Å²) in [6.07, 6.45) is 3.57. The molecule has 1 aromatic heterocycles. The van der Waals surface area contributed by atoms with Crippen LogP contribution in [0.25, 0.3) is 0 Å². The molecule has 1 aliphatic rings. The van der Waals surface area contributed by atoms with Crippen molar-refractivity contribution in [3.63, 3.8) is 0 Å². The molecule has 0 aliphatic heterocycles. The fraction of sp³-hybridized carbons (Fsp3) is 0.615. The zero-order valence-electron chi connectivity index (χ0n) is 10.0. The molecule has 16 heavy (non-hydrogen) atoms. The number of likely N-dealkylation sites (N-methyl/N-ethyl adjacent to an activating group) is 1. The molecule has 0 spiro atoms. The van der Waals surface area contributed by atoms with Crippen molar-refractivity contribution >= 4 is 17.1 Å². The lowest BCUT2D eigenvalue weighted by molar-refractivity contribution is 0.0932. The second-order valence-corrected chi connectivity index (χ2v) is 5.51. The number of Topliss-reactive ketones (excluding diaryl/α,β-unsaturated/α-hetero) is 1. The fourth-order valence-electron chi connectivity index (χ4n) is 1.92. The Kier molecular flexibility index (Phi) is 3.77. The molecular formula is C13H19NOS. The van der Waals surface area contributed by atoms with Crippen LogP contribution in [0.3, 0.4) is 0 Å². The molecule has 1 saturated carbocycles. The van der Waals surface area contributed by atoms with E-state index in [0.717, 1.165) is 17.8 Å². The molecule has 2 rings (SSSR count). The van der Waals surface area contributed by atoms with Crippen molar-refractivity contribution in [2.24, 2.45) is 0 Å². The molecule has 0 N–H and O–H groups in total. The van der Waals surface area contributed by atoms with E-state index in [2.05, 4.69) is 24.8 Å². The molecule has 1 aromatic rings. The van der Waals surface area contributed by atoms with Crippen molar-refractivity contribution in [1.29, 1.82) is 0 Å². The van der Waals surface area contributed by atoms with E-state index in [4.69, 9.17) is 0 Å². The quantitative estimate of drug-likeness (QED) is 0.709. The largest absolute Gasteiger partial charge is 0.293 e. The van der Waals surface area contributed by atoms with Crippen LogP contribution in [-0.2, 0) is 6.42 Å². The molecular weight excluding hydrogens is 218 g/mol. The highest BCUT2D eigenvalue weighted by Crippen LogP contribution is 2.27. The van der Waals surface area contributed by atoms with Crippen LogP contribution in [-0.4, -0.2) is 29.8 Å². The highest BCUT2D eigenvalue weighted by atomic mass is 32.1. The lowest BCUT2D eigenvalue weighted by Gasteiger charge is -2.17. The first kappa shape index (κ1) is 11.8. The van der Waals surface area contributed by atoms with Gasteiger partial charge in [0.1, 0.15) is 0 Å². The summed E-state index contributed by atoms with van der Waals surface area (Å²) >= 11 is 1.65. The zero-order valence-corrected chi connectivity index (χ0v) is 10.8. The van der Waals surface area contributed by atoms with Gasteiger partial charge in [0.2, 0.25) is 0 Å². The molecule has 1 heterocycles. The molecule has 1 fully saturated rings. The monoisotopic (exact) mass is 237 g/mol. The van der Waals surface area contributed by atoms with Crippen molar-refractivity contribution in [2.75, 3.05) is 13.1 Å². The molecule has 0 bridgehead atoms. The van der Waals surface area contributed by atoms with E-state index >= 15 is 0 Å². The van der Waals surface area contributed by atoms with E-state index in [1.807, 2.05) is 6.07 Å². The molecule has 88 valence electrons. The summed E-state index contributed by atoms with van der Waals surface area (Å²) < 4.78 is 0. The van der Waals surface area contributed by atoms with Gasteiger partial charge in [-0.05, 0) is 37.9 Å². The average Bonchev–Trinajstić information content (AvgIpc) is 3.02. The van der Waals surface area contributed by atoms with Crippen LogP contribution in [0.2, 0.25) is 0 Å². The van der Waals surface area contributed by atoms with Crippen molar-refractivity contribution in [2.45, 2.75) is 39.2 Å². The van der Waals surface area contributed by atoms with Crippen LogP contribution < -0.4 is 0 Å². The van der Waals surface area contributed by atoms with Gasteiger partial charge in [-0.3, -0.25) is 9.69 Å². The number of nitrogens with zero attached hydrogens (tertiary/aromatic N) is 1. The van der Waals surface area contributed by atoms with Gasteiger partial charge < -0.3 is 0 Å². The zero-order chi connectivity index (χ0) is 11.5. The van der Waals surface area contributed by atoms with Gasteiger partial charge in [-0.2, -0.15) is 0 Å². The van der Waals surface area contributed by atoms with Gasteiger partial charge in [-0.25, -0.2) is 0 Å². The molecule has 0 unspecified atom stereocenters. The second kappa shape index (κ2) is 5.11. The molecule has 1 aliphatic carbocycles. The SMILES string of the molecule is CCc1ccc(C(=O)CN(CC)C2CC2)s1. The standard InChI is InChI=1S/C13H19NOS/c1-3-11-7-8-13(16-11)12(15)9-14(4-2)10-5-6-10/h7-8,10H,3-6,9H2,1-2H3. The van der Waals surface area contributed by atoms with Gasteiger partial charge in [-0.1, -0.05) is 13.8 Å². The third-order valence-electron chi connectivity index (χ3n) is 3.10. The number of ketones is 1. The summed E-state index contributed by atoms with van der Waals surface area (Å²) in [5.74, 6) is 0.290. The predicted molar refractivity (Wildman–Crippen MR) is 68.3 cm³/mol. The number of thiophene rings is 1. The Labute approximate surface area is 101 Å². The number of carbonyl (C=O) groups excluding carboxylic acids is 1. The first-order valence-corrected chi connectivity index (χ1v) is 6.92. The third kappa shape index (κ3) is 2.71. The van der Waals surface area contributed by atoms with E-state index in [1.165, 1.54) is 17.7 Å². The summed E-state index contributed by atoms with van der Waals surface area (Å²) in [4.78, 5) is 16.6. The van der Waals surface area contributed by atoms with E-state index < -0.39 is 0 Å². The summed E-state index contributed by atoms with van der Waals surface area (Å²) in [6, 6.07) is 4.73. The number of hydrogen-bond acceptors (Lipinski definition) is 3. The maximum atomic E-state index is 12.0. The van der Waals surface area contributed by atoms with Crippen LogP contribution in [0.4, 0.5) is 0 Å². The van der Waals surface area contributed by atoms with Crippen molar-refractivity contribution in [3.8, 4) is 0 Å². The number of carbonyl (C=O) groups is 1. The lowest BCUT2D eigenvalue weighted by Crippen LogP contribution is -2.31. The average molecular weight is 237 g/mol. The Balaban J connectivity index is 1.95. The van der Waals surface area contributed by atoms with Gasteiger partial charge >= 0.3 is 0 Å². The molecule has 0 atom stereocenters. The number of rotatable bonds is 6. The first-order chi connectivity index (χ1) is 7.74. The fourth-order valence-corrected chi connectivity index (χ4v) is 2.80. The minimum atomic E-state index is 0.290. The minimum absolute atomic E-state index is 0.290. The van der Waals surface area contributed by atoms with Crippen molar-refractivity contribution in [1.82, 2.24) is 4.90 Å². The maximum absolute atomic E-state index is 12.0. The van der Waals surface area contributed by atoms with Crippen LogP contribution in [0.15, 0.2) is 12.1 Å². The van der Waals surface area contributed by atoms with Crippen molar-refractivity contribution < 1.29 is 4.79 Å². The molecule has 0 aromatic carbocycles. The smallest absolute Gasteiger partial charge is 0.186 e. The molecule has 3 heteroatoms. The summed E-state index contributed by atoms with van der Waals surface area (Å²) in [5.41, 5.74) is 0. The van der Waals surface area contributed by atoms with Crippen LogP contribution in [0, 0.1) is 0 Å². The van der Waals surface area contributed by atoms with E-state index in [9.17, 15) is 4.79 Å². The van der Waals surface area contributed by atoms with Gasteiger partial charge in [0, 0.05) is 10.9 Å². The molecule has 2 nitrogen and oxygen atoms in total. The minimum Gasteiger partial charge on any atom is -0.293 e. The number of aryl methyl sites for hydroxylation is 1. The third-order valence-corrected chi connectivity index (χ3v) is 4.37. The summed E-state index contributed by atoms with van der Waals surface area (Å²) in [7, 11) is 0. The van der Waals surface area contributed by atoms with Gasteiger partial charge in [0.25, 0.3) is 0 Å². The first-order valence-electron chi connectivity index (χ1n) is 6.10. The molecule has 0 radical (unpaired) electrons. The van der Waals surface area contributed by atoms with Crippen LogP contribution in [0.1, 0.15) is 41.2 Å². The van der Waals surface area contributed by atoms with Gasteiger partial charge in [0.05, 0.1) is 11.4 Å². The van der Waals surface area contributed by atoms with Crippen LogP contribution in [0.5, 0.6) is 0 Å². The molecule has 0 amide bonds. The Morgan fingerprint density at radius 2 is 2.19 bits per heavy atom. The van der Waals surface area contributed by atoms with E-state index in [-0.39, 0.29) is 0 Å². The Bertz CT molecular complexity index is 368. The Hall–Kier alpha value is -0.670. The van der Waals surface area contributed by atoms with Gasteiger partial charge in [0.15, 0.2) is 5.78 Å². The predicted octanol–water partition coefficient (Wildman–Crippen LogP) is 2.98. The van der Waals surface area contributed by atoms with Gasteiger partial charge in [-0.15, -0.1) is 11.3 Å². The molecule has 0 saturated heterocycles.